The number of hydrogen-bond donors (Lipinski definition) is 1. The van der Waals surface area contributed by atoms with Gasteiger partial charge in [-0.3, -0.25) is 4.79 Å². The standard InChI is InChI=1S/C16H22N2O2/c1-3-18(14-6-4-5-7-14)16(19)11-20-15-9-8-13(17)10-12(15)2/h6,8-10H,3-5,7,11,17H2,1-2H3. The zero-order valence-corrected chi connectivity index (χ0v) is 12.2. The van der Waals surface area contributed by atoms with Crippen molar-refractivity contribution in [2.75, 3.05) is 18.9 Å². The number of likely N-dealkylation sites (N-methyl/N-ethyl adjacent to an activating group) is 1. The van der Waals surface area contributed by atoms with E-state index in [4.69, 9.17) is 10.5 Å². The molecule has 2 rings (SSSR count). The fraction of sp³-hybridized carbons (Fsp3) is 0.438. The van der Waals surface area contributed by atoms with Gasteiger partial charge in [-0.25, -0.2) is 0 Å². The largest absolute Gasteiger partial charge is 0.483 e. The summed E-state index contributed by atoms with van der Waals surface area (Å²) < 4.78 is 5.62. The van der Waals surface area contributed by atoms with Crippen LogP contribution < -0.4 is 10.5 Å². The molecule has 0 aliphatic heterocycles. The van der Waals surface area contributed by atoms with E-state index in [2.05, 4.69) is 6.08 Å². The molecule has 0 unspecified atom stereocenters. The van der Waals surface area contributed by atoms with Gasteiger partial charge in [0.05, 0.1) is 0 Å². The Hall–Kier alpha value is -1.97. The summed E-state index contributed by atoms with van der Waals surface area (Å²) in [4.78, 5) is 14.1. The molecule has 108 valence electrons. The number of ether oxygens (including phenoxy) is 1. The van der Waals surface area contributed by atoms with Gasteiger partial charge in [0.1, 0.15) is 5.75 Å². The number of amides is 1. The van der Waals surface area contributed by atoms with E-state index in [1.54, 1.807) is 6.07 Å². The molecule has 0 bridgehead atoms. The average molecular weight is 274 g/mol. The normalized spacial score (nSPS) is 14.0. The van der Waals surface area contributed by atoms with E-state index in [1.165, 1.54) is 0 Å². The molecule has 0 saturated carbocycles. The quantitative estimate of drug-likeness (QED) is 0.840. The van der Waals surface area contributed by atoms with Gasteiger partial charge in [-0.05, 0) is 56.9 Å². The highest BCUT2D eigenvalue weighted by Gasteiger charge is 2.19. The molecule has 4 nitrogen and oxygen atoms in total. The van der Waals surface area contributed by atoms with Crippen molar-refractivity contribution >= 4 is 11.6 Å². The highest BCUT2D eigenvalue weighted by molar-refractivity contribution is 5.79. The van der Waals surface area contributed by atoms with Gasteiger partial charge >= 0.3 is 0 Å². The van der Waals surface area contributed by atoms with E-state index in [-0.39, 0.29) is 12.5 Å². The fourth-order valence-corrected chi connectivity index (χ4v) is 2.49. The minimum atomic E-state index is 0.0110. The van der Waals surface area contributed by atoms with Crippen molar-refractivity contribution < 1.29 is 9.53 Å². The Balaban J connectivity index is 1.97. The third kappa shape index (κ3) is 3.32. The number of nitrogen functional groups attached to an aromatic ring is 1. The predicted octanol–water partition coefficient (Wildman–Crippen LogP) is 2.87. The summed E-state index contributed by atoms with van der Waals surface area (Å²) in [7, 11) is 0. The first-order valence-electron chi connectivity index (χ1n) is 7.10. The molecular formula is C16H22N2O2. The van der Waals surface area contributed by atoms with Crippen LogP contribution in [0.15, 0.2) is 30.0 Å². The van der Waals surface area contributed by atoms with E-state index in [0.717, 1.165) is 30.5 Å². The van der Waals surface area contributed by atoms with Crippen molar-refractivity contribution in [1.82, 2.24) is 4.90 Å². The first-order chi connectivity index (χ1) is 9.61. The molecule has 0 fully saturated rings. The van der Waals surface area contributed by atoms with Crippen molar-refractivity contribution in [3.8, 4) is 5.75 Å². The second-order valence-electron chi connectivity index (χ2n) is 5.04. The zero-order chi connectivity index (χ0) is 14.5. The molecule has 1 aromatic carbocycles. The van der Waals surface area contributed by atoms with Gasteiger partial charge < -0.3 is 15.4 Å². The zero-order valence-electron chi connectivity index (χ0n) is 12.2. The van der Waals surface area contributed by atoms with Crippen LogP contribution in [-0.4, -0.2) is 24.0 Å². The van der Waals surface area contributed by atoms with E-state index >= 15 is 0 Å². The van der Waals surface area contributed by atoms with Crippen LogP contribution in [0.1, 0.15) is 31.7 Å². The molecule has 4 heteroatoms. The van der Waals surface area contributed by atoms with Crippen LogP contribution in [-0.2, 0) is 4.79 Å². The molecule has 1 aromatic rings. The van der Waals surface area contributed by atoms with E-state index in [9.17, 15) is 4.79 Å². The van der Waals surface area contributed by atoms with Crippen molar-refractivity contribution in [3.05, 3.63) is 35.5 Å². The Morgan fingerprint density at radius 2 is 2.25 bits per heavy atom. The third-order valence-electron chi connectivity index (χ3n) is 3.53. The summed E-state index contributed by atoms with van der Waals surface area (Å²) in [6.07, 6.45) is 5.34. The summed E-state index contributed by atoms with van der Waals surface area (Å²) in [6, 6.07) is 5.43. The first-order valence-corrected chi connectivity index (χ1v) is 7.10. The van der Waals surface area contributed by atoms with Crippen LogP contribution in [0.3, 0.4) is 0 Å². The molecule has 0 aromatic heterocycles. The number of nitrogens with zero attached hydrogens (tertiary/aromatic N) is 1. The van der Waals surface area contributed by atoms with Crippen molar-refractivity contribution in [1.29, 1.82) is 0 Å². The van der Waals surface area contributed by atoms with Gasteiger partial charge in [0.15, 0.2) is 6.61 Å². The number of anilines is 1. The van der Waals surface area contributed by atoms with Crippen LogP contribution >= 0.6 is 0 Å². The van der Waals surface area contributed by atoms with Gasteiger partial charge in [0, 0.05) is 17.9 Å². The number of allylic oxidation sites excluding steroid dienone is 2. The van der Waals surface area contributed by atoms with E-state index in [1.807, 2.05) is 30.9 Å². The van der Waals surface area contributed by atoms with Gasteiger partial charge in [-0.15, -0.1) is 0 Å². The smallest absolute Gasteiger partial charge is 0.264 e. The number of benzene rings is 1. The molecule has 0 saturated heterocycles. The maximum atomic E-state index is 12.2. The number of carbonyl (C=O) groups excluding carboxylic acids is 1. The summed E-state index contributed by atoms with van der Waals surface area (Å²) in [6.45, 7) is 4.67. The molecule has 0 spiro atoms. The second-order valence-corrected chi connectivity index (χ2v) is 5.04. The topological polar surface area (TPSA) is 55.6 Å². The van der Waals surface area contributed by atoms with Crippen molar-refractivity contribution in [3.63, 3.8) is 0 Å². The van der Waals surface area contributed by atoms with E-state index in [0.29, 0.717) is 18.0 Å². The molecule has 0 radical (unpaired) electrons. The van der Waals surface area contributed by atoms with Crippen LogP contribution in [0.5, 0.6) is 5.75 Å². The monoisotopic (exact) mass is 274 g/mol. The third-order valence-corrected chi connectivity index (χ3v) is 3.53. The number of nitrogens with two attached hydrogens (primary N) is 1. The maximum absolute atomic E-state index is 12.2. The number of carbonyl (C=O) groups is 1. The van der Waals surface area contributed by atoms with Gasteiger partial charge in [0.25, 0.3) is 5.91 Å². The minimum Gasteiger partial charge on any atom is -0.483 e. The molecule has 1 amide bonds. The van der Waals surface area contributed by atoms with Crippen LogP contribution in [0, 0.1) is 6.92 Å². The molecular weight excluding hydrogens is 252 g/mol. The molecule has 20 heavy (non-hydrogen) atoms. The Morgan fingerprint density at radius 1 is 1.45 bits per heavy atom. The molecule has 0 heterocycles. The highest BCUT2D eigenvalue weighted by Crippen LogP contribution is 2.23. The Bertz CT molecular complexity index is 523. The summed E-state index contributed by atoms with van der Waals surface area (Å²) in [5.41, 5.74) is 8.48. The Kier molecular flexibility index (Phi) is 4.66. The van der Waals surface area contributed by atoms with E-state index < -0.39 is 0 Å². The highest BCUT2D eigenvalue weighted by atomic mass is 16.5. The SMILES string of the molecule is CCN(C(=O)COc1ccc(N)cc1C)C1=CCCC1. The molecule has 2 N–H and O–H groups in total. The molecule has 1 aliphatic rings. The lowest BCUT2D eigenvalue weighted by Crippen LogP contribution is -2.33. The summed E-state index contributed by atoms with van der Waals surface area (Å²) in [5, 5.41) is 0. The summed E-state index contributed by atoms with van der Waals surface area (Å²) >= 11 is 0. The first kappa shape index (κ1) is 14.4. The number of rotatable bonds is 5. The van der Waals surface area contributed by atoms with Gasteiger partial charge in [-0.1, -0.05) is 6.08 Å². The molecule has 1 aliphatic carbocycles. The lowest BCUT2D eigenvalue weighted by atomic mass is 10.2. The Labute approximate surface area is 120 Å². The fourth-order valence-electron chi connectivity index (χ4n) is 2.49. The number of aryl methyl sites for hydroxylation is 1. The van der Waals surface area contributed by atoms with Crippen molar-refractivity contribution in [2.45, 2.75) is 33.1 Å². The second kappa shape index (κ2) is 6.46. The van der Waals surface area contributed by atoms with Crippen molar-refractivity contribution in [2.24, 2.45) is 0 Å². The number of hydrogen-bond acceptors (Lipinski definition) is 3. The van der Waals surface area contributed by atoms with Crippen LogP contribution in [0.2, 0.25) is 0 Å². The van der Waals surface area contributed by atoms with Crippen LogP contribution in [0.4, 0.5) is 5.69 Å². The summed E-state index contributed by atoms with van der Waals surface area (Å²) in [5.74, 6) is 0.723. The van der Waals surface area contributed by atoms with Gasteiger partial charge in [-0.2, -0.15) is 0 Å². The minimum absolute atomic E-state index is 0.0110. The average Bonchev–Trinajstić information content (AvgIpc) is 2.92. The lowest BCUT2D eigenvalue weighted by molar-refractivity contribution is -0.131. The van der Waals surface area contributed by atoms with Crippen LogP contribution in [0.25, 0.3) is 0 Å². The maximum Gasteiger partial charge on any atom is 0.264 e. The Morgan fingerprint density at radius 3 is 2.85 bits per heavy atom. The van der Waals surface area contributed by atoms with Gasteiger partial charge in [0.2, 0.25) is 0 Å². The predicted molar refractivity (Wildman–Crippen MR) is 80.4 cm³/mol. The molecule has 0 atom stereocenters. The lowest BCUT2D eigenvalue weighted by Gasteiger charge is -2.22.